The number of hydrogen-bond donors (Lipinski definition) is 2. The molecule has 0 atom stereocenters. The smallest absolute Gasteiger partial charge is 0.339 e. The number of nitrogens with zero attached hydrogens (tertiary/aromatic N) is 1. The zero-order valence-corrected chi connectivity index (χ0v) is 10.8. The maximum Gasteiger partial charge on any atom is 0.339 e. The Kier molecular flexibility index (Phi) is 4.40. The Labute approximate surface area is 113 Å². The largest absolute Gasteiger partial charge is 0.483 e. The predicted octanol–water partition coefficient (Wildman–Crippen LogP) is 0.983. The van der Waals surface area contributed by atoms with Crippen LogP contribution in [0.15, 0.2) is 29.3 Å². The fourth-order valence-electron chi connectivity index (χ4n) is 1.48. The molecule has 0 radical (unpaired) electrons. The number of hydrogen-bond acceptors (Lipinski definition) is 5. The van der Waals surface area contributed by atoms with Gasteiger partial charge in [-0.05, 0) is 12.1 Å². The lowest BCUT2D eigenvalue weighted by Crippen LogP contribution is -2.32. The van der Waals surface area contributed by atoms with E-state index in [1.807, 2.05) is 0 Å². The molecule has 1 amide bonds. The van der Waals surface area contributed by atoms with Gasteiger partial charge in [-0.15, -0.1) is 0 Å². The fourth-order valence-corrected chi connectivity index (χ4v) is 2.22. The number of thioether (sulfide) groups is 1. The van der Waals surface area contributed by atoms with Gasteiger partial charge in [-0.1, -0.05) is 23.9 Å². The van der Waals surface area contributed by atoms with Gasteiger partial charge in [-0.25, -0.2) is 4.79 Å². The van der Waals surface area contributed by atoms with Crippen molar-refractivity contribution in [3.8, 4) is 5.75 Å². The van der Waals surface area contributed by atoms with Crippen LogP contribution in [0.3, 0.4) is 0 Å². The molecule has 0 fully saturated rings. The highest BCUT2D eigenvalue weighted by atomic mass is 32.2. The molecule has 0 saturated heterocycles. The topological polar surface area (TPSA) is 88.0 Å². The number of rotatable bonds is 4. The average Bonchev–Trinajstić information content (AvgIpc) is 2.89. The first-order valence-corrected chi connectivity index (χ1v) is 6.57. The highest BCUT2D eigenvalue weighted by Gasteiger charge is 2.14. The van der Waals surface area contributed by atoms with Crippen LogP contribution in [-0.2, 0) is 4.79 Å². The Hall–Kier alpha value is -2.02. The minimum atomic E-state index is -1.09. The first-order chi connectivity index (χ1) is 9.16. The second-order valence-electron chi connectivity index (χ2n) is 3.67. The monoisotopic (exact) mass is 280 g/mol. The molecule has 1 heterocycles. The van der Waals surface area contributed by atoms with Crippen LogP contribution in [0, 0.1) is 0 Å². The molecule has 1 aliphatic rings. The Morgan fingerprint density at radius 3 is 2.89 bits per heavy atom. The van der Waals surface area contributed by atoms with Crippen molar-refractivity contribution in [1.82, 2.24) is 5.32 Å². The van der Waals surface area contributed by atoms with Crippen molar-refractivity contribution < 1.29 is 19.4 Å². The lowest BCUT2D eigenvalue weighted by molar-refractivity contribution is -0.121. The molecule has 0 saturated carbocycles. The van der Waals surface area contributed by atoms with Gasteiger partial charge in [0.2, 0.25) is 0 Å². The van der Waals surface area contributed by atoms with Crippen molar-refractivity contribution in [3.63, 3.8) is 0 Å². The van der Waals surface area contributed by atoms with Crippen LogP contribution >= 0.6 is 11.8 Å². The molecule has 0 aromatic heterocycles. The third-order valence-corrected chi connectivity index (χ3v) is 3.20. The summed E-state index contributed by atoms with van der Waals surface area (Å²) < 4.78 is 5.21. The zero-order valence-electron chi connectivity index (χ0n) is 9.96. The van der Waals surface area contributed by atoms with E-state index in [9.17, 15) is 9.59 Å². The van der Waals surface area contributed by atoms with E-state index in [2.05, 4.69) is 10.3 Å². The van der Waals surface area contributed by atoms with Gasteiger partial charge >= 0.3 is 5.97 Å². The number of para-hydroxylation sites is 1. The SMILES string of the molecule is O=C(COc1ccccc1C(=O)O)NC1=NCCS1. The summed E-state index contributed by atoms with van der Waals surface area (Å²) in [5, 5.41) is 12.1. The second kappa shape index (κ2) is 6.24. The van der Waals surface area contributed by atoms with Gasteiger partial charge in [-0.3, -0.25) is 9.79 Å². The molecule has 7 heteroatoms. The molecule has 0 unspecified atom stereocenters. The van der Waals surface area contributed by atoms with Crippen LogP contribution in [0.4, 0.5) is 0 Å². The molecule has 2 N–H and O–H groups in total. The molecule has 0 spiro atoms. The Balaban J connectivity index is 1.91. The highest BCUT2D eigenvalue weighted by Crippen LogP contribution is 2.17. The molecule has 1 aromatic rings. The van der Waals surface area contributed by atoms with Crippen LogP contribution in [0.5, 0.6) is 5.75 Å². The van der Waals surface area contributed by atoms with E-state index in [4.69, 9.17) is 9.84 Å². The van der Waals surface area contributed by atoms with Crippen molar-refractivity contribution in [3.05, 3.63) is 29.8 Å². The summed E-state index contributed by atoms with van der Waals surface area (Å²) >= 11 is 1.47. The number of benzene rings is 1. The predicted molar refractivity (Wildman–Crippen MR) is 71.8 cm³/mol. The number of carboxylic acid groups (broad SMARTS) is 1. The maximum absolute atomic E-state index is 11.6. The van der Waals surface area contributed by atoms with Crippen LogP contribution in [-0.4, -0.2) is 41.1 Å². The normalized spacial score (nSPS) is 13.8. The minimum Gasteiger partial charge on any atom is -0.483 e. The molecule has 0 bridgehead atoms. The second-order valence-corrected chi connectivity index (χ2v) is 4.76. The van der Waals surface area contributed by atoms with Crippen LogP contribution in [0.1, 0.15) is 10.4 Å². The van der Waals surface area contributed by atoms with E-state index >= 15 is 0 Å². The number of amides is 1. The molecule has 19 heavy (non-hydrogen) atoms. The van der Waals surface area contributed by atoms with Gasteiger partial charge < -0.3 is 15.2 Å². The Morgan fingerprint density at radius 2 is 2.21 bits per heavy atom. The Bertz CT molecular complexity index is 530. The van der Waals surface area contributed by atoms with Crippen LogP contribution < -0.4 is 10.1 Å². The number of ether oxygens (including phenoxy) is 1. The molecule has 0 aliphatic carbocycles. The van der Waals surface area contributed by atoms with Crippen molar-refractivity contribution >= 4 is 28.8 Å². The zero-order chi connectivity index (χ0) is 13.7. The van der Waals surface area contributed by atoms with Crippen molar-refractivity contribution in [2.45, 2.75) is 0 Å². The molecular formula is C12H12N2O4S. The van der Waals surface area contributed by atoms with Gasteiger partial charge in [0.25, 0.3) is 5.91 Å². The molecule has 100 valence electrons. The van der Waals surface area contributed by atoms with Gasteiger partial charge in [0.15, 0.2) is 11.8 Å². The first-order valence-electron chi connectivity index (χ1n) is 5.59. The summed E-state index contributed by atoms with van der Waals surface area (Å²) in [5.74, 6) is -0.413. The number of nitrogens with one attached hydrogen (secondary N) is 1. The minimum absolute atomic E-state index is 0.0304. The maximum atomic E-state index is 11.6. The first kappa shape index (κ1) is 13.4. The lowest BCUT2D eigenvalue weighted by atomic mass is 10.2. The van der Waals surface area contributed by atoms with Crippen molar-refractivity contribution in [1.29, 1.82) is 0 Å². The summed E-state index contributed by atoms with van der Waals surface area (Å²) in [5.41, 5.74) is 0.0304. The number of carbonyl (C=O) groups is 2. The summed E-state index contributed by atoms with van der Waals surface area (Å²) in [6.07, 6.45) is 0. The standard InChI is InChI=1S/C12H12N2O4S/c15-10(14-12-13-5-6-19-12)7-18-9-4-2-1-3-8(9)11(16)17/h1-4H,5-7H2,(H,16,17)(H,13,14,15). The van der Waals surface area contributed by atoms with Crippen molar-refractivity contribution in [2.24, 2.45) is 4.99 Å². The summed E-state index contributed by atoms with van der Waals surface area (Å²) in [6.45, 7) is 0.451. The van der Waals surface area contributed by atoms with Gasteiger partial charge in [0.1, 0.15) is 11.3 Å². The fraction of sp³-hybridized carbons (Fsp3) is 0.250. The number of aromatic carboxylic acids is 1. The summed E-state index contributed by atoms with van der Waals surface area (Å²) in [4.78, 5) is 26.6. The van der Waals surface area contributed by atoms with E-state index in [1.165, 1.54) is 23.9 Å². The lowest BCUT2D eigenvalue weighted by Gasteiger charge is -2.08. The van der Waals surface area contributed by atoms with Gasteiger partial charge in [-0.2, -0.15) is 0 Å². The van der Waals surface area contributed by atoms with E-state index in [1.54, 1.807) is 12.1 Å². The highest BCUT2D eigenvalue weighted by molar-refractivity contribution is 8.14. The van der Waals surface area contributed by atoms with E-state index in [-0.39, 0.29) is 23.8 Å². The van der Waals surface area contributed by atoms with Crippen LogP contribution in [0.2, 0.25) is 0 Å². The number of carbonyl (C=O) groups excluding carboxylic acids is 1. The van der Waals surface area contributed by atoms with E-state index in [0.29, 0.717) is 11.7 Å². The summed E-state index contributed by atoms with van der Waals surface area (Å²) in [6, 6.07) is 6.18. The van der Waals surface area contributed by atoms with Gasteiger partial charge in [0.05, 0.1) is 6.54 Å². The third-order valence-electron chi connectivity index (χ3n) is 2.31. The molecule has 1 aliphatic heterocycles. The third kappa shape index (κ3) is 3.72. The average molecular weight is 280 g/mol. The van der Waals surface area contributed by atoms with E-state index in [0.717, 1.165) is 5.75 Å². The molecule has 6 nitrogen and oxygen atoms in total. The Morgan fingerprint density at radius 1 is 1.42 bits per heavy atom. The van der Waals surface area contributed by atoms with E-state index < -0.39 is 5.97 Å². The van der Waals surface area contributed by atoms with Crippen LogP contribution in [0.25, 0.3) is 0 Å². The van der Waals surface area contributed by atoms with Gasteiger partial charge in [0, 0.05) is 5.75 Å². The molecule has 2 rings (SSSR count). The number of amidine groups is 1. The quantitative estimate of drug-likeness (QED) is 0.858. The van der Waals surface area contributed by atoms with Crippen molar-refractivity contribution in [2.75, 3.05) is 18.9 Å². The molecular weight excluding hydrogens is 268 g/mol. The molecule has 1 aromatic carbocycles. The number of aliphatic imine (C=N–C) groups is 1. The summed E-state index contributed by atoms with van der Waals surface area (Å²) in [7, 11) is 0. The number of carboxylic acids is 1.